The lowest BCUT2D eigenvalue weighted by Crippen LogP contribution is -2.44. The molecule has 2 aromatic rings. The zero-order valence-corrected chi connectivity index (χ0v) is 17.3. The number of piperidine rings is 1. The number of methoxy groups -OCH3 is 1. The summed E-state index contributed by atoms with van der Waals surface area (Å²) in [6, 6.07) is 7.99. The minimum atomic E-state index is 0.186. The number of benzene rings is 1. The summed E-state index contributed by atoms with van der Waals surface area (Å²) in [7, 11) is 3.66. The van der Waals surface area contributed by atoms with Gasteiger partial charge < -0.3 is 19.5 Å². The Morgan fingerprint density at radius 1 is 1.28 bits per heavy atom. The maximum Gasteiger partial charge on any atom is 0.236 e. The molecule has 0 bridgehead atoms. The van der Waals surface area contributed by atoms with E-state index in [9.17, 15) is 4.79 Å². The van der Waals surface area contributed by atoms with E-state index in [0.29, 0.717) is 6.54 Å². The maximum absolute atomic E-state index is 12.9. The van der Waals surface area contributed by atoms with Gasteiger partial charge in [-0.3, -0.25) is 9.69 Å². The van der Waals surface area contributed by atoms with Gasteiger partial charge in [0.25, 0.3) is 0 Å². The number of carbonyl (C=O) groups is 1. The van der Waals surface area contributed by atoms with Crippen LogP contribution in [0.3, 0.4) is 0 Å². The van der Waals surface area contributed by atoms with Crippen molar-refractivity contribution in [2.45, 2.75) is 38.4 Å². The zero-order valence-electron chi connectivity index (χ0n) is 17.3. The minimum absolute atomic E-state index is 0.186. The van der Waals surface area contributed by atoms with Gasteiger partial charge in [-0.25, -0.2) is 0 Å². The molecule has 8 heteroatoms. The molecule has 29 heavy (non-hydrogen) atoms. The minimum Gasteiger partial charge on any atom is -0.497 e. The van der Waals surface area contributed by atoms with Crippen LogP contribution in [0.1, 0.15) is 36.0 Å². The van der Waals surface area contributed by atoms with Crippen LogP contribution in [-0.4, -0.2) is 70.8 Å². The van der Waals surface area contributed by atoms with E-state index in [1.165, 1.54) is 5.56 Å². The Morgan fingerprint density at radius 3 is 2.90 bits per heavy atom. The first kappa shape index (κ1) is 19.8. The van der Waals surface area contributed by atoms with Crippen molar-refractivity contribution in [3.63, 3.8) is 0 Å². The van der Waals surface area contributed by atoms with E-state index >= 15 is 0 Å². The summed E-state index contributed by atoms with van der Waals surface area (Å²) in [5, 5.41) is 12.1. The third kappa shape index (κ3) is 4.59. The smallest absolute Gasteiger partial charge is 0.236 e. The second-order valence-electron chi connectivity index (χ2n) is 8.00. The predicted octanol–water partition coefficient (Wildman–Crippen LogP) is 1.23. The van der Waals surface area contributed by atoms with Crippen LogP contribution < -0.4 is 10.1 Å². The number of nitrogens with zero attached hydrogens (tertiary/aromatic N) is 5. The van der Waals surface area contributed by atoms with Crippen LogP contribution in [0.25, 0.3) is 0 Å². The van der Waals surface area contributed by atoms with Gasteiger partial charge >= 0.3 is 0 Å². The zero-order chi connectivity index (χ0) is 20.2. The maximum atomic E-state index is 12.9. The molecule has 0 spiro atoms. The molecule has 3 heterocycles. The number of rotatable bonds is 6. The molecule has 2 aliphatic rings. The van der Waals surface area contributed by atoms with E-state index < -0.39 is 0 Å². The van der Waals surface area contributed by atoms with Gasteiger partial charge in [0.15, 0.2) is 0 Å². The predicted molar refractivity (Wildman–Crippen MR) is 110 cm³/mol. The average molecular weight is 399 g/mol. The molecule has 1 unspecified atom stereocenters. The standard InChI is InChI=1S/C21H30N6O2/c1-25(13-16-5-7-18(29-2)8-6-16)15-20(28)26-10-3-4-17(14-26)21-24-23-19-12-22-9-11-27(19)21/h5-8,17,22H,3-4,9-15H2,1-2H3. The summed E-state index contributed by atoms with van der Waals surface area (Å²) in [5.41, 5.74) is 1.17. The van der Waals surface area contributed by atoms with Crippen LogP contribution >= 0.6 is 0 Å². The number of likely N-dealkylation sites (N-methyl/N-ethyl adjacent to an activating group) is 1. The Hall–Kier alpha value is -2.45. The van der Waals surface area contributed by atoms with Crippen molar-refractivity contribution in [2.75, 3.05) is 40.3 Å². The second kappa shape index (κ2) is 8.92. The largest absolute Gasteiger partial charge is 0.497 e. The van der Waals surface area contributed by atoms with Crippen LogP contribution in [0.15, 0.2) is 24.3 Å². The lowest BCUT2D eigenvalue weighted by atomic mass is 9.97. The number of hydrogen-bond donors (Lipinski definition) is 1. The van der Waals surface area contributed by atoms with Crippen molar-refractivity contribution in [1.29, 1.82) is 0 Å². The molecule has 4 rings (SSSR count). The number of nitrogens with one attached hydrogen (secondary N) is 1. The molecular weight excluding hydrogens is 368 g/mol. The number of carbonyl (C=O) groups excluding carboxylic acids is 1. The van der Waals surface area contributed by atoms with E-state index in [1.807, 2.05) is 36.2 Å². The van der Waals surface area contributed by atoms with E-state index in [4.69, 9.17) is 4.74 Å². The van der Waals surface area contributed by atoms with Crippen LogP contribution in [0, 0.1) is 0 Å². The molecule has 1 atom stereocenters. The molecule has 1 aromatic carbocycles. The highest BCUT2D eigenvalue weighted by molar-refractivity contribution is 5.78. The Labute approximate surface area is 171 Å². The van der Waals surface area contributed by atoms with Gasteiger partial charge in [0.1, 0.15) is 17.4 Å². The van der Waals surface area contributed by atoms with Crippen molar-refractivity contribution in [3.8, 4) is 5.75 Å². The van der Waals surface area contributed by atoms with Gasteiger partial charge in [-0.15, -0.1) is 10.2 Å². The van der Waals surface area contributed by atoms with Gasteiger partial charge in [-0.05, 0) is 37.6 Å². The second-order valence-corrected chi connectivity index (χ2v) is 8.00. The average Bonchev–Trinajstić information content (AvgIpc) is 3.18. The first-order valence-corrected chi connectivity index (χ1v) is 10.4. The summed E-state index contributed by atoms with van der Waals surface area (Å²) in [6.45, 7) is 5.35. The number of aromatic nitrogens is 3. The van der Waals surface area contributed by atoms with Gasteiger partial charge in [-0.1, -0.05) is 12.1 Å². The van der Waals surface area contributed by atoms with Crippen molar-refractivity contribution in [3.05, 3.63) is 41.5 Å². The van der Waals surface area contributed by atoms with Crippen molar-refractivity contribution in [2.24, 2.45) is 0 Å². The summed E-state index contributed by atoms with van der Waals surface area (Å²) < 4.78 is 7.45. The van der Waals surface area contributed by atoms with Gasteiger partial charge in [0, 0.05) is 38.6 Å². The van der Waals surface area contributed by atoms with Crippen molar-refractivity contribution < 1.29 is 9.53 Å². The Morgan fingerprint density at radius 2 is 2.10 bits per heavy atom. The number of amides is 1. The summed E-state index contributed by atoms with van der Waals surface area (Å²) in [6.07, 6.45) is 2.08. The molecule has 1 saturated heterocycles. The summed E-state index contributed by atoms with van der Waals surface area (Å²) in [4.78, 5) is 17.0. The fourth-order valence-electron chi connectivity index (χ4n) is 4.26. The third-order valence-electron chi connectivity index (χ3n) is 5.81. The van der Waals surface area contributed by atoms with Crippen LogP contribution in [0.4, 0.5) is 0 Å². The highest BCUT2D eigenvalue weighted by Gasteiger charge is 2.29. The monoisotopic (exact) mass is 398 g/mol. The quantitative estimate of drug-likeness (QED) is 0.789. The van der Waals surface area contributed by atoms with E-state index in [1.54, 1.807) is 7.11 Å². The van der Waals surface area contributed by atoms with E-state index in [-0.39, 0.29) is 11.8 Å². The first-order valence-electron chi connectivity index (χ1n) is 10.4. The Kier molecular flexibility index (Phi) is 6.10. The van der Waals surface area contributed by atoms with Gasteiger partial charge in [0.2, 0.25) is 5.91 Å². The third-order valence-corrected chi connectivity index (χ3v) is 5.81. The Balaban J connectivity index is 1.34. The van der Waals surface area contributed by atoms with Crippen molar-refractivity contribution in [1.82, 2.24) is 29.9 Å². The molecular formula is C21H30N6O2. The molecule has 1 fully saturated rings. The topological polar surface area (TPSA) is 75.5 Å². The van der Waals surface area contributed by atoms with E-state index in [2.05, 4.69) is 25.0 Å². The lowest BCUT2D eigenvalue weighted by molar-refractivity contribution is -0.133. The van der Waals surface area contributed by atoms with Crippen LogP contribution in [0.2, 0.25) is 0 Å². The highest BCUT2D eigenvalue weighted by atomic mass is 16.5. The molecule has 2 aliphatic heterocycles. The van der Waals surface area contributed by atoms with Gasteiger partial charge in [-0.2, -0.15) is 0 Å². The molecule has 1 amide bonds. The molecule has 8 nitrogen and oxygen atoms in total. The van der Waals surface area contributed by atoms with Crippen LogP contribution in [0.5, 0.6) is 5.75 Å². The normalized spacial score (nSPS) is 19.3. The first-order chi connectivity index (χ1) is 14.1. The number of fused-ring (bicyclic) bond motifs is 1. The van der Waals surface area contributed by atoms with E-state index in [0.717, 1.165) is 69.5 Å². The molecule has 0 aliphatic carbocycles. The highest BCUT2D eigenvalue weighted by Crippen LogP contribution is 2.27. The number of ether oxygens (including phenoxy) is 1. The van der Waals surface area contributed by atoms with Gasteiger partial charge in [0.05, 0.1) is 20.2 Å². The molecule has 0 radical (unpaired) electrons. The molecule has 0 saturated carbocycles. The molecule has 156 valence electrons. The summed E-state index contributed by atoms with van der Waals surface area (Å²) >= 11 is 0. The summed E-state index contributed by atoms with van der Waals surface area (Å²) in [5.74, 6) is 3.36. The Bertz CT molecular complexity index is 834. The molecule has 1 N–H and O–H groups in total. The SMILES string of the molecule is COc1ccc(CN(C)CC(=O)N2CCCC(c3nnc4n3CCNC4)C2)cc1. The fourth-order valence-corrected chi connectivity index (χ4v) is 4.26. The van der Waals surface area contributed by atoms with Crippen molar-refractivity contribution >= 4 is 5.91 Å². The number of likely N-dealkylation sites (tertiary alicyclic amines) is 1. The lowest BCUT2D eigenvalue weighted by Gasteiger charge is -2.34. The number of hydrogen-bond acceptors (Lipinski definition) is 6. The fraction of sp³-hybridized carbons (Fsp3) is 0.571. The van der Waals surface area contributed by atoms with Crippen LogP contribution in [-0.2, 0) is 24.4 Å². The molecule has 1 aromatic heterocycles.